The third kappa shape index (κ3) is 4.94. The number of carbonyl (C=O) groups excluding carboxylic acids is 1. The third-order valence-electron chi connectivity index (χ3n) is 5.23. The molecule has 0 spiro atoms. The maximum absolute atomic E-state index is 12.5. The number of nitriles is 1. The number of hydrogen-bond acceptors (Lipinski definition) is 8. The van der Waals surface area contributed by atoms with Crippen LogP contribution in [-0.4, -0.2) is 45.0 Å². The van der Waals surface area contributed by atoms with Crippen molar-refractivity contribution in [1.82, 2.24) is 19.7 Å². The molecule has 4 rings (SSSR count). The lowest BCUT2D eigenvalue weighted by Gasteiger charge is -2.36. The zero-order chi connectivity index (χ0) is 23.5. The molecule has 0 aliphatic carbocycles. The van der Waals surface area contributed by atoms with Crippen LogP contribution in [0.3, 0.4) is 0 Å². The number of nitrogens with one attached hydrogen (secondary N) is 2. The average molecular weight is 447 g/mol. The molecule has 0 radical (unpaired) electrons. The van der Waals surface area contributed by atoms with E-state index in [0.717, 1.165) is 22.5 Å². The number of rotatable bonds is 7. The summed E-state index contributed by atoms with van der Waals surface area (Å²) in [5.41, 5.74) is 4.62. The number of hydrogen-bond donors (Lipinski definition) is 2. The highest BCUT2D eigenvalue weighted by Gasteiger charge is 2.33. The Balaban J connectivity index is 1.44. The summed E-state index contributed by atoms with van der Waals surface area (Å²) in [7, 11) is 1.84. The van der Waals surface area contributed by atoms with Crippen molar-refractivity contribution in [1.29, 1.82) is 5.26 Å². The van der Waals surface area contributed by atoms with Gasteiger partial charge in [-0.25, -0.2) is 9.97 Å². The van der Waals surface area contributed by atoms with E-state index in [4.69, 9.17) is 10.00 Å². The summed E-state index contributed by atoms with van der Waals surface area (Å²) >= 11 is 0. The third-order valence-corrected chi connectivity index (χ3v) is 5.23. The van der Waals surface area contributed by atoms with E-state index in [0.29, 0.717) is 30.3 Å². The van der Waals surface area contributed by atoms with Crippen LogP contribution in [0.5, 0.6) is 0 Å². The molecule has 1 unspecified atom stereocenters. The Morgan fingerprint density at radius 3 is 2.82 bits per heavy atom. The van der Waals surface area contributed by atoms with Crippen LogP contribution in [-0.2, 0) is 22.6 Å². The van der Waals surface area contributed by atoms with Crippen molar-refractivity contribution in [3.8, 4) is 6.07 Å². The Labute approximate surface area is 192 Å². The average Bonchev–Trinajstić information content (AvgIpc) is 3.23. The summed E-state index contributed by atoms with van der Waals surface area (Å²) in [5, 5.41) is 19.5. The normalized spacial score (nSPS) is 15.2. The highest BCUT2D eigenvalue weighted by atomic mass is 16.5. The van der Waals surface area contributed by atoms with Crippen LogP contribution in [0.25, 0.3) is 0 Å². The van der Waals surface area contributed by atoms with Gasteiger partial charge < -0.3 is 20.3 Å². The molecule has 3 aromatic rings. The lowest BCUT2D eigenvalue weighted by Crippen LogP contribution is -2.49. The van der Waals surface area contributed by atoms with Crippen LogP contribution in [0.15, 0.2) is 36.8 Å². The van der Waals surface area contributed by atoms with Crippen molar-refractivity contribution < 1.29 is 9.53 Å². The zero-order valence-corrected chi connectivity index (χ0v) is 19.0. The van der Waals surface area contributed by atoms with Crippen molar-refractivity contribution in [3.05, 3.63) is 59.3 Å². The van der Waals surface area contributed by atoms with E-state index in [-0.39, 0.29) is 12.0 Å². The highest BCUT2D eigenvalue weighted by molar-refractivity contribution is 6.03. The molecular weight excluding hydrogens is 420 g/mol. The minimum atomic E-state index is -0.693. The van der Waals surface area contributed by atoms with Gasteiger partial charge in [0.25, 0.3) is 5.91 Å². The van der Waals surface area contributed by atoms with Crippen molar-refractivity contribution in [3.63, 3.8) is 0 Å². The molecule has 1 atom stereocenters. The van der Waals surface area contributed by atoms with Crippen molar-refractivity contribution in [2.75, 3.05) is 22.6 Å². The van der Waals surface area contributed by atoms with Gasteiger partial charge in [0.2, 0.25) is 6.23 Å². The van der Waals surface area contributed by atoms with E-state index in [9.17, 15) is 4.79 Å². The molecule has 10 heteroatoms. The van der Waals surface area contributed by atoms with Gasteiger partial charge in [-0.1, -0.05) is 6.07 Å². The molecule has 1 aliphatic rings. The van der Waals surface area contributed by atoms with Crippen molar-refractivity contribution in [2.24, 2.45) is 0 Å². The number of ether oxygens (including phenoxy) is 1. The molecule has 4 heterocycles. The number of pyridine rings is 2. The van der Waals surface area contributed by atoms with E-state index in [1.807, 2.05) is 61.8 Å². The quantitative estimate of drug-likeness (QED) is 0.568. The Bertz CT molecular complexity index is 1200. The van der Waals surface area contributed by atoms with Gasteiger partial charge in [-0.15, -0.1) is 0 Å². The first-order valence-electron chi connectivity index (χ1n) is 10.6. The standard InChI is InChI=1S/C23H26N8O2/c1-14(2)33-23-22(32)29-21-15(3)28-20(7-19(21)30(23)4)26-10-17-11-27-31(13-17)12-16-5-6-18(8-24)25-9-16/h5-7,9,11,13-14,23H,10,12H2,1-4H3,(H,26,28)(H,29,32). The number of likely N-dealkylation sites (N-methyl/N-ethyl adjacent to an activating group) is 1. The van der Waals surface area contributed by atoms with Gasteiger partial charge in [-0.2, -0.15) is 10.4 Å². The number of carbonyl (C=O) groups is 1. The summed E-state index contributed by atoms with van der Waals surface area (Å²) in [4.78, 5) is 23.0. The molecule has 1 aliphatic heterocycles. The van der Waals surface area contributed by atoms with E-state index in [2.05, 4.69) is 25.7 Å². The van der Waals surface area contributed by atoms with Crippen LogP contribution in [0.2, 0.25) is 0 Å². The lowest BCUT2D eigenvalue weighted by atomic mass is 10.1. The second kappa shape index (κ2) is 9.26. The predicted molar refractivity (Wildman–Crippen MR) is 124 cm³/mol. The maximum Gasteiger partial charge on any atom is 0.274 e. The minimum absolute atomic E-state index is 0.0816. The van der Waals surface area contributed by atoms with E-state index in [1.165, 1.54) is 0 Å². The second-order valence-corrected chi connectivity index (χ2v) is 8.19. The van der Waals surface area contributed by atoms with Crippen LogP contribution in [0.4, 0.5) is 17.2 Å². The SMILES string of the molecule is Cc1nc(NCc2cnn(Cc3ccc(C#N)nc3)c2)cc2c1NC(=O)C(OC(C)C)N2C. The smallest absolute Gasteiger partial charge is 0.274 e. The Morgan fingerprint density at radius 1 is 1.30 bits per heavy atom. The number of fused-ring (bicyclic) bond motifs is 1. The van der Waals surface area contributed by atoms with Gasteiger partial charge in [-0.3, -0.25) is 9.48 Å². The Morgan fingerprint density at radius 2 is 2.12 bits per heavy atom. The van der Waals surface area contributed by atoms with Crippen LogP contribution in [0, 0.1) is 18.3 Å². The zero-order valence-electron chi connectivity index (χ0n) is 19.0. The molecule has 3 aromatic heterocycles. The number of anilines is 3. The molecule has 0 saturated carbocycles. The van der Waals surface area contributed by atoms with E-state index >= 15 is 0 Å². The van der Waals surface area contributed by atoms with Gasteiger partial charge in [0.05, 0.1) is 35.9 Å². The number of aromatic nitrogens is 4. The highest BCUT2D eigenvalue weighted by Crippen LogP contribution is 2.35. The van der Waals surface area contributed by atoms with Gasteiger partial charge >= 0.3 is 0 Å². The molecule has 1 amide bonds. The largest absolute Gasteiger partial charge is 0.366 e. The van der Waals surface area contributed by atoms with E-state index < -0.39 is 6.23 Å². The molecule has 170 valence electrons. The van der Waals surface area contributed by atoms with Gasteiger partial charge in [0.15, 0.2) is 0 Å². The number of nitrogens with zero attached hydrogens (tertiary/aromatic N) is 6. The molecule has 0 fully saturated rings. The van der Waals surface area contributed by atoms with Gasteiger partial charge in [0.1, 0.15) is 17.6 Å². The molecule has 2 N–H and O–H groups in total. The monoisotopic (exact) mass is 446 g/mol. The molecule has 0 saturated heterocycles. The minimum Gasteiger partial charge on any atom is -0.366 e. The van der Waals surface area contributed by atoms with Crippen molar-refractivity contribution >= 4 is 23.1 Å². The maximum atomic E-state index is 12.5. The fraction of sp³-hybridized carbons (Fsp3) is 0.348. The second-order valence-electron chi connectivity index (χ2n) is 8.19. The van der Waals surface area contributed by atoms with Crippen LogP contribution < -0.4 is 15.5 Å². The van der Waals surface area contributed by atoms with Crippen molar-refractivity contribution in [2.45, 2.75) is 46.2 Å². The summed E-state index contributed by atoms with van der Waals surface area (Å²) in [6.07, 6.45) is 4.66. The first kappa shape index (κ1) is 22.2. The molecule has 0 aromatic carbocycles. The number of aryl methyl sites for hydroxylation is 1. The fourth-order valence-electron chi connectivity index (χ4n) is 3.63. The molecular formula is C23H26N8O2. The van der Waals surface area contributed by atoms with Gasteiger partial charge in [-0.05, 0) is 32.4 Å². The summed E-state index contributed by atoms with van der Waals surface area (Å²) in [6, 6.07) is 7.49. The summed E-state index contributed by atoms with van der Waals surface area (Å²) < 4.78 is 7.61. The first-order chi connectivity index (χ1) is 15.8. The Kier molecular flexibility index (Phi) is 6.24. The first-order valence-corrected chi connectivity index (χ1v) is 10.6. The molecule has 10 nitrogen and oxygen atoms in total. The molecule has 0 bridgehead atoms. The van der Waals surface area contributed by atoms with Gasteiger partial charge in [0, 0.05) is 37.6 Å². The number of amides is 1. The summed E-state index contributed by atoms with van der Waals surface area (Å²) in [6.45, 7) is 6.78. The van der Waals surface area contributed by atoms with Crippen LogP contribution >= 0.6 is 0 Å². The molecule has 33 heavy (non-hydrogen) atoms. The predicted octanol–water partition coefficient (Wildman–Crippen LogP) is 2.65. The van der Waals surface area contributed by atoms with Crippen LogP contribution in [0.1, 0.15) is 36.4 Å². The topological polar surface area (TPSA) is 121 Å². The Hall–Kier alpha value is -3.97. The lowest BCUT2D eigenvalue weighted by molar-refractivity contribution is -0.130. The van der Waals surface area contributed by atoms with E-state index in [1.54, 1.807) is 18.5 Å². The summed E-state index contributed by atoms with van der Waals surface area (Å²) in [5.74, 6) is 0.496. The fourth-order valence-corrected chi connectivity index (χ4v) is 3.63.